The number of anilines is 1. The van der Waals surface area contributed by atoms with Crippen LogP contribution >= 0.6 is 22.6 Å². The van der Waals surface area contributed by atoms with Crippen LogP contribution in [0.15, 0.2) is 42.5 Å². The molecule has 0 aliphatic carbocycles. The van der Waals surface area contributed by atoms with Gasteiger partial charge < -0.3 is 14.8 Å². The number of hydrogen-bond donors (Lipinski definition) is 1. The Morgan fingerprint density at radius 1 is 1.25 bits per heavy atom. The van der Waals surface area contributed by atoms with Gasteiger partial charge in [0.2, 0.25) is 5.91 Å². The maximum atomic E-state index is 11.9. The minimum absolute atomic E-state index is 0.0487. The Morgan fingerprint density at radius 2 is 2.08 bits per heavy atom. The third-order valence-electron chi connectivity index (χ3n) is 3.21. The third-order valence-corrected chi connectivity index (χ3v) is 3.88. The molecular formula is C18H17IN2O3. The van der Waals surface area contributed by atoms with Crippen LogP contribution in [0.3, 0.4) is 0 Å². The molecule has 0 saturated carbocycles. The summed E-state index contributed by atoms with van der Waals surface area (Å²) in [6.07, 6.45) is 0.947. The van der Waals surface area contributed by atoms with Gasteiger partial charge in [-0.1, -0.05) is 6.07 Å². The van der Waals surface area contributed by atoms with Gasteiger partial charge in [-0.3, -0.25) is 4.79 Å². The van der Waals surface area contributed by atoms with E-state index in [0.29, 0.717) is 36.5 Å². The van der Waals surface area contributed by atoms with Crippen molar-refractivity contribution < 1.29 is 14.3 Å². The van der Waals surface area contributed by atoms with Gasteiger partial charge in [0, 0.05) is 21.7 Å². The van der Waals surface area contributed by atoms with E-state index in [2.05, 4.69) is 27.9 Å². The highest BCUT2D eigenvalue weighted by molar-refractivity contribution is 14.1. The lowest BCUT2D eigenvalue weighted by Gasteiger charge is -2.11. The minimum Gasteiger partial charge on any atom is -0.493 e. The second-order valence-corrected chi connectivity index (χ2v) is 6.23. The van der Waals surface area contributed by atoms with Crippen molar-refractivity contribution in [1.29, 1.82) is 5.26 Å². The molecule has 0 spiro atoms. The van der Waals surface area contributed by atoms with E-state index in [-0.39, 0.29) is 5.91 Å². The maximum Gasteiger partial charge on any atom is 0.224 e. The number of rotatable bonds is 7. The highest BCUT2D eigenvalue weighted by Crippen LogP contribution is 2.27. The first-order chi connectivity index (χ1) is 11.6. The van der Waals surface area contributed by atoms with Crippen molar-refractivity contribution in [3.8, 4) is 17.6 Å². The summed E-state index contributed by atoms with van der Waals surface area (Å²) in [5.74, 6) is 1.03. The van der Waals surface area contributed by atoms with Crippen molar-refractivity contribution in [1.82, 2.24) is 0 Å². The largest absolute Gasteiger partial charge is 0.493 e. The molecule has 6 heteroatoms. The van der Waals surface area contributed by atoms with Gasteiger partial charge in [0.05, 0.1) is 25.3 Å². The van der Waals surface area contributed by atoms with Gasteiger partial charge in [0.25, 0.3) is 0 Å². The van der Waals surface area contributed by atoms with Crippen molar-refractivity contribution in [2.75, 3.05) is 19.0 Å². The first-order valence-corrected chi connectivity index (χ1v) is 8.46. The molecule has 0 atom stereocenters. The Bertz CT molecular complexity index is 756. The standard InChI is InChI=1S/C18H17IN2O3/c1-23-17-10-13(12-20)7-8-16(17)24-9-3-6-18(22)21-15-5-2-4-14(19)11-15/h2,4-5,7-8,10-11H,3,6,9H2,1H3,(H,21,22). The third kappa shape index (κ3) is 5.42. The average Bonchev–Trinajstić information content (AvgIpc) is 2.58. The number of halogens is 1. The van der Waals surface area contributed by atoms with Crippen LogP contribution in [-0.4, -0.2) is 19.6 Å². The van der Waals surface area contributed by atoms with Crippen molar-refractivity contribution in [3.05, 3.63) is 51.6 Å². The molecule has 0 fully saturated rings. The Hall–Kier alpha value is -2.27. The average molecular weight is 436 g/mol. The van der Waals surface area contributed by atoms with E-state index in [0.717, 1.165) is 9.26 Å². The molecule has 2 aromatic rings. The summed E-state index contributed by atoms with van der Waals surface area (Å²) in [6, 6.07) is 14.7. The molecule has 0 aliphatic rings. The van der Waals surface area contributed by atoms with Crippen LogP contribution in [0.25, 0.3) is 0 Å². The molecule has 2 rings (SSSR count). The topological polar surface area (TPSA) is 71.3 Å². The minimum atomic E-state index is -0.0487. The molecule has 0 bridgehead atoms. The number of amides is 1. The molecule has 0 saturated heterocycles. The Balaban J connectivity index is 1.78. The number of carbonyl (C=O) groups is 1. The number of nitrogens with one attached hydrogen (secondary N) is 1. The van der Waals surface area contributed by atoms with Crippen LogP contribution in [0.1, 0.15) is 18.4 Å². The molecule has 1 amide bonds. The normalized spacial score (nSPS) is 9.88. The van der Waals surface area contributed by atoms with E-state index in [1.54, 1.807) is 18.2 Å². The van der Waals surface area contributed by atoms with Crippen molar-refractivity contribution >= 4 is 34.2 Å². The van der Waals surface area contributed by atoms with Crippen molar-refractivity contribution in [2.45, 2.75) is 12.8 Å². The first kappa shape index (κ1) is 18.1. The van der Waals surface area contributed by atoms with E-state index in [1.165, 1.54) is 7.11 Å². The maximum absolute atomic E-state index is 11.9. The summed E-state index contributed by atoms with van der Waals surface area (Å²) in [4.78, 5) is 11.9. The summed E-state index contributed by atoms with van der Waals surface area (Å²) in [5, 5.41) is 11.7. The van der Waals surface area contributed by atoms with Gasteiger partial charge in [-0.05, 0) is 59.3 Å². The number of carbonyl (C=O) groups excluding carboxylic acids is 1. The molecule has 0 radical (unpaired) electrons. The Morgan fingerprint density at radius 3 is 2.79 bits per heavy atom. The van der Waals surface area contributed by atoms with Gasteiger partial charge in [0.1, 0.15) is 0 Å². The summed E-state index contributed by atoms with van der Waals surface area (Å²) in [7, 11) is 1.53. The summed E-state index contributed by atoms with van der Waals surface area (Å²) >= 11 is 2.20. The molecule has 0 unspecified atom stereocenters. The van der Waals surface area contributed by atoms with Gasteiger partial charge in [0.15, 0.2) is 11.5 Å². The lowest BCUT2D eigenvalue weighted by atomic mass is 10.2. The zero-order chi connectivity index (χ0) is 17.4. The van der Waals surface area contributed by atoms with Crippen molar-refractivity contribution in [3.63, 3.8) is 0 Å². The van der Waals surface area contributed by atoms with Crippen LogP contribution in [0.4, 0.5) is 5.69 Å². The predicted octanol–water partition coefficient (Wildman–Crippen LogP) is 3.97. The second kappa shape index (κ2) is 9.13. The van der Waals surface area contributed by atoms with E-state index in [9.17, 15) is 4.79 Å². The monoisotopic (exact) mass is 436 g/mol. The summed E-state index contributed by atoms with van der Waals surface area (Å²) in [6.45, 7) is 0.391. The quantitative estimate of drug-likeness (QED) is 0.527. The molecular weight excluding hydrogens is 419 g/mol. The molecule has 5 nitrogen and oxygen atoms in total. The zero-order valence-corrected chi connectivity index (χ0v) is 15.4. The number of nitriles is 1. The van der Waals surface area contributed by atoms with E-state index in [4.69, 9.17) is 14.7 Å². The van der Waals surface area contributed by atoms with E-state index < -0.39 is 0 Å². The van der Waals surface area contributed by atoms with Crippen LogP contribution in [0.2, 0.25) is 0 Å². The summed E-state index contributed by atoms with van der Waals surface area (Å²) < 4.78 is 11.9. The fraction of sp³-hybridized carbons (Fsp3) is 0.222. The highest BCUT2D eigenvalue weighted by Gasteiger charge is 2.07. The number of benzene rings is 2. The predicted molar refractivity (Wildman–Crippen MR) is 100 cm³/mol. The molecule has 0 aromatic heterocycles. The lowest BCUT2D eigenvalue weighted by molar-refractivity contribution is -0.116. The summed E-state index contributed by atoms with van der Waals surface area (Å²) in [5.41, 5.74) is 1.30. The molecule has 0 heterocycles. The molecule has 24 heavy (non-hydrogen) atoms. The zero-order valence-electron chi connectivity index (χ0n) is 13.2. The number of methoxy groups -OCH3 is 1. The SMILES string of the molecule is COc1cc(C#N)ccc1OCCCC(=O)Nc1cccc(I)c1. The van der Waals surface area contributed by atoms with Crippen LogP contribution in [0.5, 0.6) is 11.5 Å². The molecule has 1 N–H and O–H groups in total. The van der Waals surface area contributed by atoms with E-state index in [1.807, 2.05) is 30.3 Å². The first-order valence-electron chi connectivity index (χ1n) is 7.38. The molecule has 0 aliphatic heterocycles. The highest BCUT2D eigenvalue weighted by atomic mass is 127. The van der Waals surface area contributed by atoms with E-state index >= 15 is 0 Å². The number of hydrogen-bond acceptors (Lipinski definition) is 4. The van der Waals surface area contributed by atoms with Gasteiger partial charge in [-0.2, -0.15) is 5.26 Å². The van der Waals surface area contributed by atoms with Gasteiger partial charge >= 0.3 is 0 Å². The number of nitrogens with zero attached hydrogens (tertiary/aromatic N) is 1. The number of ether oxygens (including phenoxy) is 2. The second-order valence-electron chi connectivity index (χ2n) is 4.99. The van der Waals surface area contributed by atoms with Gasteiger partial charge in [-0.15, -0.1) is 0 Å². The van der Waals surface area contributed by atoms with Crippen LogP contribution in [-0.2, 0) is 4.79 Å². The Labute approximate surface area is 154 Å². The molecule has 2 aromatic carbocycles. The van der Waals surface area contributed by atoms with Crippen molar-refractivity contribution in [2.24, 2.45) is 0 Å². The molecule has 124 valence electrons. The smallest absolute Gasteiger partial charge is 0.224 e. The fourth-order valence-corrected chi connectivity index (χ4v) is 2.60. The fourth-order valence-electron chi connectivity index (χ4n) is 2.06. The Kier molecular flexibility index (Phi) is 6.88. The van der Waals surface area contributed by atoms with Gasteiger partial charge in [-0.25, -0.2) is 0 Å². The van der Waals surface area contributed by atoms with Crippen LogP contribution in [0, 0.1) is 14.9 Å². The van der Waals surface area contributed by atoms with Crippen LogP contribution < -0.4 is 14.8 Å². The lowest BCUT2D eigenvalue weighted by Crippen LogP contribution is -2.13.